The number of primary amides is 1. The molecule has 0 radical (unpaired) electrons. The van der Waals surface area contributed by atoms with E-state index in [-0.39, 0.29) is 5.91 Å². The molecule has 0 unspecified atom stereocenters. The third-order valence-electron chi connectivity index (χ3n) is 4.59. The number of carbonyl (C=O) groups is 1. The predicted molar refractivity (Wildman–Crippen MR) is 97.1 cm³/mol. The number of amides is 1. The number of hydrogen-bond acceptors (Lipinski definition) is 4. The fourth-order valence-corrected chi connectivity index (χ4v) is 3.94. The highest BCUT2D eigenvalue weighted by Gasteiger charge is 2.20. The molecular weight excluding hydrogens is 320 g/mol. The average molecular weight is 344 g/mol. The van der Waals surface area contributed by atoms with Crippen molar-refractivity contribution >= 4 is 17.2 Å². The zero-order chi connectivity index (χ0) is 16.9. The van der Waals surface area contributed by atoms with Gasteiger partial charge < -0.3 is 10.5 Å². The highest BCUT2D eigenvalue weighted by atomic mass is 32.1. The highest BCUT2D eigenvalue weighted by molar-refractivity contribution is 7.10. The van der Waals surface area contributed by atoms with E-state index in [1.165, 1.54) is 16.0 Å². The minimum Gasteiger partial charge on any atom is -0.373 e. The number of carbonyl (C=O) groups excluding carboxylic acids is 1. The summed E-state index contributed by atoms with van der Waals surface area (Å²) in [4.78, 5) is 14.8. The van der Waals surface area contributed by atoms with Crippen LogP contribution >= 0.6 is 11.3 Å². The van der Waals surface area contributed by atoms with Crippen LogP contribution in [-0.2, 0) is 17.9 Å². The van der Waals surface area contributed by atoms with E-state index in [0.717, 1.165) is 32.5 Å². The van der Waals surface area contributed by atoms with E-state index in [4.69, 9.17) is 10.5 Å². The molecule has 1 amide bonds. The Morgan fingerprint density at radius 3 is 2.75 bits per heavy atom. The normalized spacial score (nSPS) is 16.4. The minimum atomic E-state index is -0.346. The lowest BCUT2D eigenvalue weighted by atomic mass is 10.1. The summed E-state index contributed by atoms with van der Waals surface area (Å²) in [5.74, 6) is -0.346. The number of likely N-dealkylation sites (tertiary alicyclic amines) is 1. The van der Waals surface area contributed by atoms with Gasteiger partial charge in [0.1, 0.15) is 0 Å². The lowest BCUT2D eigenvalue weighted by Crippen LogP contribution is -2.36. The second-order valence-electron chi connectivity index (χ2n) is 6.38. The molecule has 128 valence electrons. The Morgan fingerprint density at radius 2 is 2.08 bits per heavy atom. The molecule has 1 fully saturated rings. The van der Waals surface area contributed by atoms with E-state index in [0.29, 0.717) is 18.3 Å². The molecule has 2 heterocycles. The molecule has 0 atom stereocenters. The Labute approximate surface area is 147 Å². The second kappa shape index (κ2) is 7.92. The Balaban J connectivity index is 1.44. The van der Waals surface area contributed by atoms with Crippen molar-refractivity contribution in [2.24, 2.45) is 5.73 Å². The number of nitrogens with two attached hydrogens (primary N) is 1. The van der Waals surface area contributed by atoms with Crippen LogP contribution in [-0.4, -0.2) is 30.0 Å². The van der Waals surface area contributed by atoms with Crippen LogP contribution in [0.5, 0.6) is 0 Å². The van der Waals surface area contributed by atoms with Crippen LogP contribution in [0.15, 0.2) is 35.7 Å². The zero-order valence-corrected chi connectivity index (χ0v) is 14.8. The highest BCUT2D eigenvalue weighted by Crippen LogP contribution is 2.21. The Hall–Kier alpha value is -1.69. The molecular formula is C19H24N2O2S. The maximum absolute atomic E-state index is 11.2. The number of hydrogen-bond donors (Lipinski definition) is 1. The largest absolute Gasteiger partial charge is 0.373 e. The number of rotatable bonds is 6. The molecule has 1 aromatic heterocycles. The van der Waals surface area contributed by atoms with Gasteiger partial charge in [0.15, 0.2) is 0 Å². The van der Waals surface area contributed by atoms with Crippen molar-refractivity contribution in [3.8, 4) is 0 Å². The van der Waals surface area contributed by atoms with Crippen molar-refractivity contribution in [1.29, 1.82) is 0 Å². The van der Waals surface area contributed by atoms with Gasteiger partial charge in [-0.05, 0) is 37.0 Å². The second-order valence-corrected chi connectivity index (χ2v) is 7.37. The number of nitrogens with zero attached hydrogens (tertiary/aromatic N) is 1. The third kappa shape index (κ3) is 4.44. The fourth-order valence-electron chi connectivity index (χ4n) is 3.03. The van der Waals surface area contributed by atoms with Crippen molar-refractivity contribution in [2.75, 3.05) is 13.1 Å². The molecule has 2 aromatic rings. The maximum atomic E-state index is 11.2. The van der Waals surface area contributed by atoms with Gasteiger partial charge in [0.2, 0.25) is 5.91 Å². The number of benzene rings is 1. The molecule has 3 rings (SSSR count). The van der Waals surface area contributed by atoms with E-state index in [2.05, 4.69) is 36.1 Å². The SMILES string of the molecule is Cc1ccccc1COC1CCN(Cc2cc(C(N)=O)cs2)CC1. The first-order valence-corrected chi connectivity index (χ1v) is 9.25. The molecule has 1 aromatic carbocycles. The molecule has 24 heavy (non-hydrogen) atoms. The van der Waals surface area contributed by atoms with Gasteiger partial charge in [0, 0.05) is 29.9 Å². The molecule has 0 spiro atoms. The topological polar surface area (TPSA) is 55.6 Å². The molecule has 1 aliphatic rings. The van der Waals surface area contributed by atoms with Crippen molar-refractivity contribution in [3.63, 3.8) is 0 Å². The molecule has 1 saturated heterocycles. The predicted octanol–water partition coefficient (Wildman–Crippen LogP) is 3.34. The Morgan fingerprint density at radius 1 is 1.33 bits per heavy atom. The first-order valence-electron chi connectivity index (χ1n) is 8.37. The Kier molecular flexibility index (Phi) is 5.66. The summed E-state index contributed by atoms with van der Waals surface area (Å²) in [6.07, 6.45) is 2.45. The van der Waals surface area contributed by atoms with Crippen LogP contribution in [0.25, 0.3) is 0 Å². The number of ether oxygens (including phenoxy) is 1. The number of piperidine rings is 1. The van der Waals surface area contributed by atoms with Gasteiger partial charge in [-0.3, -0.25) is 9.69 Å². The van der Waals surface area contributed by atoms with Gasteiger partial charge in [-0.2, -0.15) is 0 Å². The van der Waals surface area contributed by atoms with E-state index in [1.807, 2.05) is 11.4 Å². The van der Waals surface area contributed by atoms with Gasteiger partial charge in [0.05, 0.1) is 18.3 Å². The maximum Gasteiger partial charge on any atom is 0.249 e. The van der Waals surface area contributed by atoms with E-state index < -0.39 is 0 Å². The van der Waals surface area contributed by atoms with Crippen LogP contribution in [0.2, 0.25) is 0 Å². The monoisotopic (exact) mass is 344 g/mol. The molecule has 0 saturated carbocycles. The lowest BCUT2D eigenvalue weighted by Gasteiger charge is -2.31. The minimum absolute atomic E-state index is 0.338. The molecule has 0 bridgehead atoms. The van der Waals surface area contributed by atoms with Gasteiger partial charge >= 0.3 is 0 Å². The molecule has 2 N–H and O–H groups in total. The van der Waals surface area contributed by atoms with Crippen LogP contribution in [0.1, 0.15) is 39.2 Å². The van der Waals surface area contributed by atoms with Crippen LogP contribution < -0.4 is 5.73 Å². The van der Waals surface area contributed by atoms with Crippen molar-refractivity contribution in [3.05, 3.63) is 57.3 Å². The van der Waals surface area contributed by atoms with E-state index in [9.17, 15) is 4.79 Å². The van der Waals surface area contributed by atoms with E-state index in [1.54, 1.807) is 11.3 Å². The summed E-state index contributed by atoms with van der Waals surface area (Å²) in [6, 6.07) is 10.3. The van der Waals surface area contributed by atoms with Crippen LogP contribution in [0.4, 0.5) is 0 Å². The smallest absolute Gasteiger partial charge is 0.249 e. The molecule has 0 aliphatic carbocycles. The first kappa shape index (κ1) is 17.1. The average Bonchev–Trinajstić information content (AvgIpc) is 3.04. The van der Waals surface area contributed by atoms with E-state index >= 15 is 0 Å². The summed E-state index contributed by atoms with van der Waals surface area (Å²) in [5.41, 5.74) is 8.49. The third-order valence-corrected chi connectivity index (χ3v) is 5.51. The van der Waals surface area contributed by atoms with Crippen molar-refractivity contribution < 1.29 is 9.53 Å². The summed E-state index contributed by atoms with van der Waals surface area (Å²) >= 11 is 1.61. The first-order chi connectivity index (χ1) is 11.6. The van der Waals surface area contributed by atoms with Crippen molar-refractivity contribution in [2.45, 2.75) is 39.0 Å². The summed E-state index contributed by atoms with van der Waals surface area (Å²) in [7, 11) is 0. The summed E-state index contributed by atoms with van der Waals surface area (Å²) < 4.78 is 6.10. The molecule has 5 heteroatoms. The fraction of sp³-hybridized carbons (Fsp3) is 0.421. The van der Waals surface area contributed by atoms with Gasteiger partial charge in [-0.15, -0.1) is 11.3 Å². The van der Waals surface area contributed by atoms with Gasteiger partial charge in [0.25, 0.3) is 0 Å². The summed E-state index contributed by atoms with van der Waals surface area (Å²) in [6.45, 7) is 5.78. The quantitative estimate of drug-likeness (QED) is 0.874. The lowest BCUT2D eigenvalue weighted by molar-refractivity contribution is -0.00394. The standard InChI is InChI=1S/C19H24N2O2S/c1-14-4-2-3-5-15(14)12-23-17-6-8-21(9-7-17)11-18-10-16(13-24-18)19(20)22/h2-5,10,13,17H,6-9,11-12H2,1H3,(H2,20,22). The number of aryl methyl sites for hydroxylation is 1. The number of thiophene rings is 1. The van der Waals surface area contributed by atoms with Crippen LogP contribution in [0.3, 0.4) is 0 Å². The summed E-state index contributed by atoms with van der Waals surface area (Å²) in [5, 5.41) is 1.84. The Bertz CT molecular complexity index is 690. The zero-order valence-electron chi connectivity index (χ0n) is 14.0. The van der Waals surface area contributed by atoms with Crippen LogP contribution in [0, 0.1) is 6.92 Å². The molecule has 4 nitrogen and oxygen atoms in total. The molecule has 1 aliphatic heterocycles. The van der Waals surface area contributed by atoms with Gasteiger partial charge in [-0.1, -0.05) is 24.3 Å². The van der Waals surface area contributed by atoms with Crippen molar-refractivity contribution in [1.82, 2.24) is 4.90 Å². The van der Waals surface area contributed by atoms with Gasteiger partial charge in [-0.25, -0.2) is 0 Å².